The van der Waals surface area contributed by atoms with Gasteiger partial charge in [0.15, 0.2) is 0 Å². The summed E-state index contributed by atoms with van der Waals surface area (Å²) in [7, 11) is 0. The second kappa shape index (κ2) is 5.75. The number of carbonyl (C=O) groups excluding carboxylic acids is 1. The minimum atomic E-state index is -1.07. The third kappa shape index (κ3) is 2.97. The maximum absolute atomic E-state index is 11.9. The van der Waals surface area contributed by atoms with E-state index in [2.05, 4.69) is 5.32 Å². The van der Waals surface area contributed by atoms with Crippen LogP contribution in [0.15, 0.2) is 29.6 Å². The molecule has 0 aliphatic heterocycles. The Morgan fingerprint density at radius 2 is 2.00 bits per heavy atom. The Kier molecular flexibility index (Phi) is 4.05. The van der Waals surface area contributed by atoms with Crippen molar-refractivity contribution >= 4 is 28.9 Å². The van der Waals surface area contributed by atoms with E-state index in [1.165, 1.54) is 6.07 Å². The molecule has 0 aliphatic carbocycles. The first-order chi connectivity index (χ1) is 9.49. The molecule has 2 rings (SSSR count). The fraction of sp³-hybridized carbons (Fsp3) is 0.143. The van der Waals surface area contributed by atoms with Gasteiger partial charge in [-0.15, -0.1) is 11.3 Å². The number of hydrogen-bond acceptors (Lipinski definition) is 4. The van der Waals surface area contributed by atoms with Crippen molar-refractivity contribution in [1.29, 1.82) is 0 Å². The summed E-state index contributed by atoms with van der Waals surface area (Å²) < 4.78 is 0. The number of nitrogens with one attached hydrogen (secondary N) is 1. The Balaban J connectivity index is 2.15. The van der Waals surface area contributed by atoms with E-state index in [0.717, 1.165) is 11.3 Å². The van der Waals surface area contributed by atoms with Crippen LogP contribution in [-0.4, -0.2) is 22.1 Å². The summed E-state index contributed by atoms with van der Waals surface area (Å²) in [4.78, 5) is 23.1. The summed E-state index contributed by atoms with van der Waals surface area (Å²) in [6.45, 7) is 1.73. The van der Waals surface area contributed by atoms with Crippen LogP contribution < -0.4 is 5.32 Å². The number of amides is 1. The third-order valence-corrected chi connectivity index (χ3v) is 3.86. The zero-order chi connectivity index (χ0) is 14.7. The second-order valence-electron chi connectivity index (χ2n) is 4.28. The number of para-hydroxylation sites is 1. The van der Waals surface area contributed by atoms with Gasteiger partial charge in [-0.1, -0.05) is 18.2 Å². The Hall–Kier alpha value is -2.34. The molecule has 0 spiro atoms. The van der Waals surface area contributed by atoms with Gasteiger partial charge in [-0.2, -0.15) is 0 Å². The molecule has 2 aromatic rings. The Morgan fingerprint density at radius 3 is 2.65 bits per heavy atom. The molecule has 6 heteroatoms. The van der Waals surface area contributed by atoms with Crippen LogP contribution in [-0.2, 0) is 11.2 Å². The number of hydrogen-bond donors (Lipinski definition) is 3. The monoisotopic (exact) mass is 291 g/mol. The number of aromatic hydroxyl groups is 1. The number of phenols is 1. The lowest BCUT2D eigenvalue weighted by molar-refractivity contribution is -0.115. The lowest BCUT2D eigenvalue weighted by Crippen LogP contribution is -2.16. The van der Waals surface area contributed by atoms with E-state index in [4.69, 9.17) is 5.11 Å². The molecule has 1 aromatic carbocycles. The molecule has 0 fully saturated rings. The van der Waals surface area contributed by atoms with Crippen LogP contribution in [0, 0.1) is 6.92 Å². The van der Waals surface area contributed by atoms with Gasteiger partial charge in [0, 0.05) is 5.56 Å². The van der Waals surface area contributed by atoms with E-state index in [1.807, 2.05) is 0 Å². The first-order valence-electron chi connectivity index (χ1n) is 5.87. The fourth-order valence-electron chi connectivity index (χ4n) is 1.77. The van der Waals surface area contributed by atoms with E-state index in [1.54, 1.807) is 30.5 Å². The minimum absolute atomic E-state index is 0.0129. The van der Waals surface area contributed by atoms with Crippen LogP contribution in [0.25, 0.3) is 0 Å². The Bertz CT molecular complexity index is 663. The van der Waals surface area contributed by atoms with Crippen LogP contribution in [0.3, 0.4) is 0 Å². The molecule has 1 amide bonds. The van der Waals surface area contributed by atoms with Crippen molar-refractivity contribution in [3.8, 4) is 5.75 Å². The number of aryl methyl sites for hydroxylation is 1. The number of benzene rings is 1. The summed E-state index contributed by atoms with van der Waals surface area (Å²) in [6, 6.07) is 6.54. The van der Waals surface area contributed by atoms with Crippen molar-refractivity contribution in [3.63, 3.8) is 0 Å². The predicted molar refractivity (Wildman–Crippen MR) is 76.5 cm³/mol. The maximum Gasteiger partial charge on any atom is 0.348 e. The number of carboxylic acids is 1. The van der Waals surface area contributed by atoms with Gasteiger partial charge in [-0.3, -0.25) is 4.79 Å². The fourth-order valence-corrected chi connectivity index (χ4v) is 2.62. The largest absolute Gasteiger partial charge is 0.508 e. The quantitative estimate of drug-likeness (QED) is 0.808. The van der Waals surface area contributed by atoms with E-state index >= 15 is 0 Å². The molecule has 5 nitrogen and oxygen atoms in total. The van der Waals surface area contributed by atoms with Crippen molar-refractivity contribution in [1.82, 2.24) is 0 Å². The summed E-state index contributed by atoms with van der Waals surface area (Å²) in [5.74, 6) is -1.39. The number of carboxylic acid groups (broad SMARTS) is 1. The minimum Gasteiger partial charge on any atom is -0.508 e. The number of thiophene rings is 1. The van der Waals surface area contributed by atoms with Crippen LogP contribution >= 0.6 is 11.3 Å². The van der Waals surface area contributed by atoms with Crippen LogP contribution in [0.1, 0.15) is 20.8 Å². The topological polar surface area (TPSA) is 86.6 Å². The molecule has 3 N–H and O–H groups in total. The smallest absolute Gasteiger partial charge is 0.348 e. The highest BCUT2D eigenvalue weighted by molar-refractivity contribution is 7.12. The SMILES string of the molecule is Cc1csc(C(=O)O)c1NC(=O)Cc1ccccc1O. The molecule has 0 saturated heterocycles. The molecule has 0 radical (unpaired) electrons. The molecule has 1 aromatic heterocycles. The Labute approximate surface area is 119 Å². The molecule has 0 atom stereocenters. The summed E-state index contributed by atoms with van der Waals surface area (Å²) in [6.07, 6.45) is -0.0129. The number of anilines is 1. The van der Waals surface area contributed by atoms with Gasteiger partial charge in [0.05, 0.1) is 12.1 Å². The van der Waals surface area contributed by atoms with Crippen LogP contribution in [0.4, 0.5) is 5.69 Å². The molecule has 0 unspecified atom stereocenters. The van der Waals surface area contributed by atoms with Crippen molar-refractivity contribution in [3.05, 3.63) is 45.6 Å². The summed E-state index contributed by atoms with van der Waals surface area (Å²) >= 11 is 1.07. The molecule has 0 saturated carbocycles. The molecular formula is C14H13NO4S. The first kappa shape index (κ1) is 14.1. The highest BCUT2D eigenvalue weighted by Crippen LogP contribution is 2.28. The van der Waals surface area contributed by atoms with Gasteiger partial charge in [0.2, 0.25) is 5.91 Å². The van der Waals surface area contributed by atoms with Crippen LogP contribution in [0.2, 0.25) is 0 Å². The summed E-state index contributed by atoms with van der Waals surface area (Å²) in [5.41, 5.74) is 1.52. The average molecular weight is 291 g/mol. The second-order valence-corrected chi connectivity index (χ2v) is 5.16. The lowest BCUT2D eigenvalue weighted by atomic mass is 10.1. The highest BCUT2D eigenvalue weighted by atomic mass is 32.1. The summed E-state index contributed by atoms with van der Waals surface area (Å²) in [5, 5.41) is 22.9. The molecule has 0 aliphatic rings. The number of phenolic OH excluding ortho intramolecular Hbond substituents is 1. The molecule has 1 heterocycles. The normalized spacial score (nSPS) is 10.2. The Morgan fingerprint density at radius 1 is 1.30 bits per heavy atom. The zero-order valence-electron chi connectivity index (χ0n) is 10.7. The van der Waals surface area contributed by atoms with Gasteiger partial charge in [-0.05, 0) is 23.9 Å². The van der Waals surface area contributed by atoms with Gasteiger partial charge in [0.1, 0.15) is 10.6 Å². The first-order valence-corrected chi connectivity index (χ1v) is 6.75. The zero-order valence-corrected chi connectivity index (χ0v) is 11.5. The van der Waals surface area contributed by atoms with Crippen molar-refractivity contribution in [2.75, 3.05) is 5.32 Å². The molecule has 20 heavy (non-hydrogen) atoms. The highest BCUT2D eigenvalue weighted by Gasteiger charge is 2.17. The third-order valence-electron chi connectivity index (χ3n) is 2.78. The maximum atomic E-state index is 11.9. The number of carbonyl (C=O) groups is 2. The lowest BCUT2D eigenvalue weighted by Gasteiger charge is -2.07. The van der Waals surface area contributed by atoms with Gasteiger partial charge < -0.3 is 15.5 Å². The van der Waals surface area contributed by atoms with E-state index < -0.39 is 5.97 Å². The van der Waals surface area contributed by atoms with Crippen molar-refractivity contribution in [2.24, 2.45) is 0 Å². The van der Waals surface area contributed by atoms with E-state index in [9.17, 15) is 14.7 Å². The number of aromatic carboxylic acids is 1. The van der Waals surface area contributed by atoms with Crippen LogP contribution in [0.5, 0.6) is 5.75 Å². The van der Waals surface area contributed by atoms with Crippen molar-refractivity contribution in [2.45, 2.75) is 13.3 Å². The molecule has 0 bridgehead atoms. The standard InChI is InChI=1S/C14H13NO4S/c1-8-7-20-13(14(18)19)12(8)15-11(17)6-9-4-2-3-5-10(9)16/h2-5,7,16H,6H2,1H3,(H,15,17)(H,18,19). The van der Waals surface area contributed by atoms with Gasteiger partial charge in [-0.25, -0.2) is 4.79 Å². The molecular weight excluding hydrogens is 278 g/mol. The van der Waals surface area contributed by atoms with Gasteiger partial charge in [0.25, 0.3) is 0 Å². The van der Waals surface area contributed by atoms with E-state index in [-0.39, 0.29) is 23.0 Å². The number of rotatable bonds is 4. The average Bonchev–Trinajstić information content (AvgIpc) is 2.74. The van der Waals surface area contributed by atoms with Gasteiger partial charge >= 0.3 is 5.97 Å². The van der Waals surface area contributed by atoms with Crippen molar-refractivity contribution < 1.29 is 19.8 Å². The molecule has 104 valence electrons. The van der Waals surface area contributed by atoms with E-state index in [0.29, 0.717) is 16.8 Å². The predicted octanol–water partition coefficient (Wildman–Crippen LogP) is 2.64.